The lowest BCUT2D eigenvalue weighted by atomic mass is 9.82. The zero-order chi connectivity index (χ0) is 11.3. The van der Waals surface area contributed by atoms with Crippen molar-refractivity contribution in [1.29, 1.82) is 0 Å². The van der Waals surface area contributed by atoms with Crippen LogP contribution in [0.1, 0.15) is 26.7 Å². The molecule has 1 atom stereocenters. The summed E-state index contributed by atoms with van der Waals surface area (Å²) in [5.74, 6) is 2.55. The van der Waals surface area contributed by atoms with Crippen LogP contribution in [0.15, 0.2) is 0 Å². The van der Waals surface area contributed by atoms with E-state index in [4.69, 9.17) is 0 Å². The van der Waals surface area contributed by atoms with Gasteiger partial charge in [0.15, 0.2) is 0 Å². The molecule has 0 saturated carbocycles. The van der Waals surface area contributed by atoms with Gasteiger partial charge in [-0.2, -0.15) is 11.8 Å². The van der Waals surface area contributed by atoms with E-state index in [1.54, 1.807) is 7.05 Å². The van der Waals surface area contributed by atoms with E-state index in [2.05, 4.69) is 24.5 Å². The molecule has 0 radical (unpaired) electrons. The minimum atomic E-state index is 0.115. The molecule has 1 fully saturated rings. The smallest absolute Gasteiger partial charge is 0.221 e. The molecule has 1 heterocycles. The van der Waals surface area contributed by atoms with Crippen molar-refractivity contribution in [3.05, 3.63) is 0 Å². The third-order valence-corrected chi connectivity index (χ3v) is 4.20. The van der Waals surface area contributed by atoms with Gasteiger partial charge in [0.1, 0.15) is 0 Å². The average molecular weight is 230 g/mol. The highest BCUT2D eigenvalue weighted by atomic mass is 32.2. The predicted octanol–water partition coefficient (Wildman–Crippen LogP) is 1.24. The van der Waals surface area contributed by atoms with Crippen LogP contribution in [0.3, 0.4) is 0 Å². The van der Waals surface area contributed by atoms with Crippen molar-refractivity contribution in [1.82, 2.24) is 10.6 Å². The Labute approximate surface area is 96.8 Å². The van der Waals surface area contributed by atoms with Crippen molar-refractivity contribution in [3.63, 3.8) is 0 Å². The molecule has 15 heavy (non-hydrogen) atoms. The molecule has 0 aromatic rings. The minimum Gasteiger partial charge on any atom is -0.359 e. The Morgan fingerprint density at radius 3 is 2.87 bits per heavy atom. The van der Waals surface area contributed by atoms with Crippen LogP contribution >= 0.6 is 11.8 Å². The largest absolute Gasteiger partial charge is 0.359 e. The lowest BCUT2D eigenvalue weighted by molar-refractivity contribution is -0.120. The van der Waals surface area contributed by atoms with Crippen molar-refractivity contribution < 1.29 is 4.79 Å². The highest BCUT2D eigenvalue weighted by Crippen LogP contribution is 2.33. The molecular weight excluding hydrogens is 208 g/mol. The fraction of sp³-hybridized carbons (Fsp3) is 0.909. The molecule has 0 bridgehead atoms. The standard InChI is InChI=1S/C11H22N2OS/c1-11(2)5-7-15-8-9(11)13-6-4-10(14)12-3/h9,13H,4-8H2,1-3H3,(H,12,14). The number of carbonyl (C=O) groups is 1. The minimum absolute atomic E-state index is 0.115. The van der Waals surface area contributed by atoms with Gasteiger partial charge in [-0.05, 0) is 17.6 Å². The van der Waals surface area contributed by atoms with E-state index in [1.807, 2.05) is 11.8 Å². The molecule has 1 aliphatic rings. The van der Waals surface area contributed by atoms with Gasteiger partial charge in [-0.1, -0.05) is 13.8 Å². The summed E-state index contributed by atoms with van der Waals surface area (Å²) in [6, 6.07) is 0.543. The molecule has 1 unspecified atom stereocenters. The first-order valence-electron chi connectivity index (χ1n) is 5.58. The van der Waals surface area contributed by atoms with E-state index in [9.17, 15) is 4.79 Å². The van der Waals surface area contributed by atoms with E-state index in [-0.39, 0.29) is 5.91 Å². The summed E-state index contributed by atoms with van der Waals surface area (Å²) >= 11 is 2.01. The fourth-order valence-electron chi connectivity index (χ4n) is 1.76. The van der Waals surface area contributed by atoms with Crippen molar-refractivity contribution in [2.45, 2.75) is 32.7 Å². The number of carbonyl (C=O) groups excluding carboxylic acids is 1. The van der Waals surface area contributed by atoms with Crippen LogP contribution in [0.4, 0.5) is 0 Å². The first kappa shape index (κ1) is 12.8. The number of amides is 1. The van der Waals surface area contributed by atoms with Gasteiger partial charge in [-0.15, -0.1) is 0 Å². The summed E-state index contributed by atoms with van der Waals surface area (Å²) in [7, 11) is 1.68. The highest BCUT2D eigenvalue weighted by molar-refractivity contribution is 7.99. The van der Waals surface area contributed by atoms with Crippen molar-refractivity contribution >= 4 is 17.7 Å². The molecule has 3 nitrogen and oxygen atoms in total. The first-order valence-corrected chi connectivity index (χ1v) is 6.73. The Bertz CT molecular complexity index is 219. The molecule has 0 aromatic carbocycles. The fourth-order valence-corrected chi connectivity index (χ4v) is 3.40. The third kappa shape index (κ3) is 4.03. The van der Waals surface area contributed by atoms with Crippen molar-refractivity contribution in [2.24, 2.45) is 5.41 Å². The summed E-state index contributed by atoms with van der Waals surface area (Å²) in [5, 5.41) is 6.13. The maximum Gasteiger partial charge on any atom is 0.221 e. The zero-order valence-corrected chi connectivity index (χ0v) is 10.7. The van der Waals surface area contributed by atoms with Crippen LogP contribution in [-0.2, 0) is 4.79 Å². The van der Waals surface area contributed by atoms with Crippen LogP contribution in [0, 0.1) is 5.41 Å². The summed E-state index contributed by atoms with van der Waals surface area (Å²) in [5.41, 5.74) is 0.369. The lowest BCUT2D eigenvalue weighted by Crippen LogP contribution is -2.47. The number of hydrogen-bond donors (Lipinski definition) is 2. The van der Waals surface area contributed by atoms with Crippen LogP contribution in [0.2, 0.25) is 0 Å². The van der Waals surface area contributed by atoms with Crippen LogP contribution in [-0.4, -0.2) is 37.0 Å². The second-order valence-electron chi connectivity index (χ2n) is 4.74. The second-order valence-corrected chi connectivity index (χ2v) is 5.89. The molecule has 4 heteroatoms. The second kappa shape index (κ2) is 5.75. The summed E-state index contributed by atoms with van der Waals surface area (Å²) in [6.07, 6.45) is 1.84. The maximum absolute atomic E-state index is 11.1. The molecule has 1 amide bonds. The topological polar surface area (TPSA) is 41.1 Å². The van der Waals surface area contributed by atoms with Gasteiger partial charge < -0.3 is 10.6 Å². The molecule has 1 saturated heterocycles. The molecular formula is C11H22N2OS. The number of thioether (sulfide) groups is 1. The third-order valence-electron chi connectivity index (χ3n) is 3.14. The van der Waals surface area contributed by atoms with Crippen molar-refractivity contribution in [2.75, 3.05) is 25.1 Å². The SMILES string of the molecule is CNC(=O)CCNC1CSCCC1(C)C. The van der Waals surface area contributed by atoms with Crippen molar-refractivity contribution in [3.8, 4) is 0 Å². The Morgan fingerprint density at radius 1 is 1.53 bits per heavy atom. The highest BCUT2D eigenvalue weighted by Gasteiger charge is 2.31. The quantitative estimate of drug-likeness (QED) is 0.763. The Balaban J connectivity index is 2.27. The van der Waals surface area contributed by atoms with Gasteiger partial charge in [0, 0.05) is 31.8 Å². The monoisotopic (exact) mass is 230 g/mol. The number of nitrogens with one attached hydrogen (secondary N) is 2. The number of rotatable bonds is 4. The van der Waals surface area contributed by atoms with Crippen LogP contribution < -0.4 is 10.6 Å². The van der Waals surface area contributed by atoms with E-state index in [0.29, 0.717) is 17.9 Å². The van der Waals surface area contributed by atoms with E-state index >= 15 is 0 Å². The predicted molar refractivity (Wildman–Crippen MR) is 66.2 cm³/mol. The molecule has 2 N–H and O–H groups in total. The summed E-state index contributed by atoms with van der Waals surface area (Å²) < 4.78 is 0. The Morgan fingerprint density at radius 2 is 2.27 bits per heavy atom. The molecule has 1 rings (SSSR count). The van der Waals surface area contributed by atoms with Gasteiger partial charge in [0.25, 0.3) is 0 Å². The zero-order valence-electron chi connectivity index (χ0n) is 9.93. The molecule has 0 spiro atoms. The maximum atomic E-state index is 11.1. The van der Waals surface area contributed by atoms with Crippen LogP contribution in [0.25, 0.3) is 0 Å². The summed E-state index contributed by atoms with van der Waals surface area (Å²) in [4.78, 5) is 11.1. The first-order chi connectivity index (χ1) is 7.06. The molecule has 1 aliphatic heterocycles. The van der Waals surface area contributed by atoms with Gasteiger partial charge in [0.05, 0.1) is 0 Å². The average Bonchev–Trinajstić information content (AvgIpc) is 2.20. The van der Waals surface area contributed by atoms with Gasteiger partial charge in [-0.3, -0.25) is 4.79 Å². The lowest BCUT2D eigenvalue weighted by Gasteiger charge is -2.38. The molecule has 0 aliphatic carbocycles. The molecule has 88 valence electrons. The normalized spacial score (nSPS) is 24.9. The Hall–Kier alpha value is -0.220. The Kier molecular flexibility index (Phi) is 4.93. The van der Waals surface area contributed by atoms with Gasteiger partial charge in [-0.25, -0.2) is 0 Å². The van der Waals surface area contributed by atoms with E-state index in [0.717, 1.165) is 6.54 Å². The van der Waals surface area contributed by atoms with Gasteiger partial charge in [0.2, 0.25) is 5.91 Å². The summed E-state index contributed by atoms with van der Waals surface area (Å²) in [6.45, 7) is 5.41. The molecule has 0 aromatic heterocycles. The van der Waals surface area contributed by atoms with Gasteiger partial charge >= 0.3 is 0 Å². The van der Waals surface area contributed by atoms with E-state index < -0.39 is 0 Å². The van der Waals surface area contributed by atoms with E-state index in [1.165, 1.54) is 17.9 Å². The number of hydrogen-bond acceptors (Lipinski definition) is 3. The van der Waals surface area contributed by atoms with Crippen LogP contribution in [0.5, 0.6) is 0 Å².